The van der Waals surface area contributed by atoms with Crippen LogP contribution in [0, 0.1) is 17.8 Å². The van der Waals surface area contributed by atoms with E-state index in [1.54, 1.807) is 22.3 Å². The summed E-state index contributed by atoms with van der Waals surface area (Å²) in [6, 6.07) is 0. The summed E-state index contributed by atoms with van der Waals surface area (Å²) in [5.74, 6) is 1.94. The predicted molar refractivity (Wildman–Crippen MR) is 153 cm³/mol. The zero-order valence-electron chi connectivity index (χ0n) is 22.5. The van der Waals surface area contributed by atoms with E-state index >= 15 is 0 Å². The van der Waals surface area contributed by atoms with E-state index in [2.05, 4.69) is 45.9 Å². The molecular formula is C32H50Cl2. The monoisotopic (exact) mass is 504 g/mol. The van der Waals surface area contributed by atoms with Crippen LogP contribution in [0.15, 0.2) is 46.1 Å². The zero-order chi connectivity index (χ0) is 24.5. The fraction of sp³-hybridized carbons (Fsp3) is 0.750. The van der Waals surface area contributed by atoms with E-state index in [1.807, 2.05) is 0 Å². The van der Waals surface area contributed by atoms with Gasteiger partial charge in [-0.05, 0) is 89.0 Å². The summed E-state index contributed by atoms with van der Waals surface area (Å²) in [6.45, 7) is 9.31. The van der Waals surface area contributed by atoms with Crippen LogP contribution < -0.4 is 0 Å². The molecule has 0 aromatic heterocycles. The van der Waals surface area contributed by atoms with Gasteiger partial charge in [-0.1, -0.05) is 92.9 Å². The van der Waals surface area contributed by atoms with Gasteiger partial charge in [0, 0.05) is 5.92 Å². The van der Waals surface area contributed by atoms with Gasteiger partial charge in [0.05, 0.1) is 10.8 Å². The van der Waals surface area contributed by atoms with Crippen LogP contribution in [0.5, 0.6) is 0 Å². The molecule has 0 bridgehead atoms. The summed E-state index contributed by atoms with van der Waals surface area (Å²) in [5, 5.41) is 0.451. The molecule has 0 heterocycles. The highest BCUT2D eigenvalue weighted by atomic mass is 35.5. The molecule has 3 aliphatic rings. The van der Waals surface area contributed by atoms with E-state index in [0.29, 0.717) is 17.8 Å². The first-order valence-corrected chi connectivity index (χ1v) is 15.4. The smallest absolute Gasteiger partial charge is 0.0519 e. The first-order chi connectivity index (χ1) is 16.4. The summed E-state index contributed by atoms with van der Waals surface area (Å²) in [4.78, 5) is 0. The van der Waals surface area contributed by atoms with Gasteiger partial charge in [0.2, 0.25) is 0 Å². The minimum atomic E-state index is 0.220. The van der Waals surface area contributed by atoms with Gasteiger partial charge >= 0.3 is 0 Å². The number of unbranched alkanes of at least 4 members (excludes halogenated alkanes) is 6. The van der Waals surface area contributed by atoms with Gasteiger partial charge < -0.3 is 0 Å². The van der Waals surface area contributed by atoms with E-state index in [9.17, 15) is 0 Å². The minimum absolute atomic E-state index is 0.220. The Hall–Kier alpha value is -0.460. The minimum Gasteiger partial charge on any atom is -0.118 e. The standard InChI is InChI=1S/C32H50Cl2/c1-5-7-9-11-13-25-21-32(30-18-16-28(34)20-24(30)4)26(14-12-10-8-6-2)22-31(25)29-17-15-27(33)19-23(29)3/h19-21,27-31H,5-18,22H2,1-4H3. The Morgan fingerprint density at radius 3 is 1.94 bits per heavy atom. The normalized spacial score (nSPS) is 30.2. The van der Waals surface area contributed by atoms with Crippen molar-refractivity contribution in [3.63, 3.8) is 0 Å². The van der Waals surface area contributed by atoms with E-state index in [1.165, 1.54) is 89.0 Å². The largest absolute Gasteiger partial charge is 0.118 e. The molecule has 0 radical (unpaired) electrons. The fourth-order valence-electron chi connectivity index (χ4n) is 6.71. The molecule has 0 aromatic carbocycles. The van der Waals surface area contributed by atoms with Gasteiger partial charge in [0.15, 0.2) is 0 Å². The number of rotatable bonds is 12. The Balaban J connectivity index is 1.92. The van der Waals surface area contributed by atoms with E-state index in [4.69, 9.17) is 23.2 Å². The second-order valence-electron chi connectivity index (χ2n) is 11.4. The Morgan fingerprint density at radius 1 is 0.706 bits per heavy atom. The first-order valence-electron chi connectivity index (χ1n) is 14.5. The summed E-state index contributed by atoms with van der Waals surface area (Å²) in [7, 11) is 0. The van der Waals surface area contributed by atoms with Gasteiger partial charge in [-0.15, -0.1) is 23.2 Å². The maximum Gasteiger partial charge on any atom is 0.0519 e. The third kappa shape index (κ3) is 7.77. The van der Waals surface area contributed by atoms with Crippen LogP contribution in [0.2, 0.25) is 0 Å². The quantitative estimate of drug-likeness (QED) is 0.141. The molecule has 0 spiro atoms. The fourth-order valence-corrected chi connectivity index (χ4v) is 7.36. The van der Waals surface area contributed by atoms with Crippen molar-refractivity contribution < 1.29 is 0 Å². The number of hydrogen-bond donors (Lipinski definition) is 0. The van der Waals surface area contributed by atoms with Crippen molar-refractivity contribution in [2.45, 2.75) is 135 Å². The van der Waals surface area contributed by atoms with Gasteiger partial charge in [-0.3, -0.25) is 0 Å². The molecule has 0 nitrogen and oxygen atoms in total. The second kappa shape index (κ2) is 14.3. The Bertz CT molecular complexity index is 768. The maximum atomic E-state index is 6.53. The van der Waals surface area contributed by atoms with Crippen molar-refractivity contribution in [1.82, 2.24) is 0 Å². The predicted octanol–water partition coefficient (Wildman–Crippen LogP) is 11.1. The number of halogens is 2. The van der Waals surface area contributed by atoms with E-state index < -0.39 is 0 Å². The Kier molecular flexibility index (Phi) is 11.8. The molecule has 3 rings (SSSR count). The Morgan fingerprint density at radius 2 is 1.32 bits per heavy atom. The lowest BCUT2D eigenvalue weighted by molar-refractivity contribution is 0.360. The van der Waals surface area contributed by atoms with Gasteiger partial charge in [-0.2, -0.15) is 0 Å². The van der Waals surface area contributed by atoms with Crippen molar-refractivity contribution in [1.29, 1.82) is 0 Å². The highest BCUT2D eigenvalue weighted by Gasteiger charge is 2.35. The molecule has 0 saturated heterocycles. The molecule has 2 heteroatoms. The topological polar surface area (TPSA) is 0 Å². The summed E-state index contributed by atoms with van der Waals surface area (Å²) in [5.41, 5.74) is 8.25. The van der Waals surface area contributed by atoms with Crippen LogP contribution in [-0.4, -0.2) is 10.8 Å². The van der Waals surface area contributed by atoms with Crippen molar-refractivity contribution in [3.05, 3.63) is 46.1 Å². The summed E-state index contributed by atoms with van der Waals surface area (Å²) >= 11 is 13.1. The first kappa shape index (κ1) is 28.1. The van der Waals surface area contributed by atoms with Crippen molar-refractivity contribution in [2.75, 3.05) is 0 Å². The highest BCUT2D eigenvalue weighted by molar-refractivity contribution is 6.22. The third-order valence-corrected chi connectivity index (χ3v) is 9.40. The maximum absolute atomic E-state index is 6.53. The highest BCUT2D eigenvalue weighted by Crippen LogP contribution is 2.48. The molecule has 0 N–H and O–H groups in total. The van der Waals surface area contributed by atoms with Crippen molar-refractivity contribution in [3.8, 4) is 0 Å². The molecule has 3 aliphatic carbocycles. The average Bonchev–Trinajstić information content (AvgIpc) is 2.80. The lowest BCUT2D eigenvalue weighted by Crippen LogP contribution is -2.27. The van der Waals surface area contributed by atoms with Crippen LogP contribution in [0.4, 0.5) is 0 Å². The molecule has 0 aromatic rings. The molecule has 34 heavy (non-hydrogen) atoms. The molecule has 0 saturated carbocycles. The zero-order valence-corrected chi connectivity index (χ0v) is 24.0. The lowest BCUT2D eigenvalue weighted by atomic mass is 9.66. The summed E-state index contributed by atoms with van der Waals surface area (Å²) in [6.07, 6.45) is 26.7. The third-order valence-electron chi connectivity index (χ3n) is 8.71. The van der Waals surface area contributed by atoms with Crippen LogP contribution in [0.25, 0.3) is 0 Å². The van der Waals surface area contributed by atoms with Crippen LogP contribution in [-0.2, 0) is 0 Å². The lowest BCUT2D eigenvalue weighted by Gasteiger charge is -2.39. The second-order valence-corrected chi connectivity index (χ2v) is 12.5. The van der Waals surface area contributed by atoms with Crippen LogP contribution >= 0.6 is 23.2 Å². The van der Waals surface area contributed by atoms with Gasteiger partial charge in [0.1, 0.15) is 0 Å². The number of alkyl halides is 2. The SMILES string of the molecule is CCCCCCC1=CC(C2CCC(Cl)C=C2C)=C(CCCCCC)CC1C1CCC(Cl)C=C1C. The molecule has 0 amide bonds. The van der Waals surface area contributed by atoms with Crippen LogP contribution in [0.3, 0.4) is 0 Å². The summed E-state index contributed by atoms with van der Waals surface area (Å²) < 4.78 is 0. The molecule has 0 fully saturated rings. The van der Waals surface area contributed by atoms with E-state index in [0.717, 1.165) is 12.8 Å². The van der Waals surface area contributed by atoms with Gasteiger partial charge in [0.25, 0.3) is 0 Å². The van der Waals surface area contributed by atoms with Gasteiger partial charge in [-0.25, -0.2) is 0 Å². The van der Waals surface area contributed by atoms with Crippen LogP contribution in [0.1, 0.15) is 124 Å². The Labute approximate surface area is 221 Å². The van der Waals surface area contributed by atoms with Crippen molar-refractivity contribution >= 4 is 23.2 Å². The number of hydrogen-bond acceptors (Lipinski definition) is 0. The number of allylic oxidation sites excluding steroid dienone is 8. The van der Waals surface area contributed by atoms with E-state index in [-0.39, 0.29) is 10.8 Å². The van der Waals surface area contributed by atoms with Crippen molar-refractivity contribution in [2.24, 2.45) is 17.8 Å². The molecular weight excluding hydrogens is 455 g/mol. The molecule has 5 unspecified atom stereocenters. The average molecular weight is 506 g/mol. The molecule has 0 aliphatic heterocycles. The molecule has 192 valence electrons. The molecule has 5 atom stereocenters.